The maximum Gasteiger partial charge on any atom is 0.257 e. The van der Waals surface area contributed by atoms with Crippen molar-refractivity contribution in [2.75, 3.05) is 7.11 Å². The van der Waals surface area contributed by atoms with Gasteiger partial charge in [0.15, 0.2) is 0 Å². The van der Waals surface area contributed by atoms with Gasteiger partial charge in [0, 0.05) is 18.5 Å². The molecule has 0 amide bonds. The zero-order valence-corrected chi connectivity index (χ0v) is 14.9. The van der Waals surface area contributed by atoms with Crippen LogP contribution in [0.15, 0.2) is 45.5 Å². The summed E-state index contributed by atoms with van der Waals surface area (Å²) in [7, 11) is 1.66. The fourth-order valence-corrected chi connectivity index (χ4v) is 3.13. The molecule has 7 nitrogen and oxygen atoms in total. The molecule has 1 aliphatic rings. The van der Waals surface area contributed by atoms with Crippen molar-refractivity contribution in [3.8, 4) is 17.2 Å². The molecule has 136 valence electrons. The first-order valence-electron chi connectivity index (χ1n) is 9.01. The Hall–Kier alpha value is -3.22. The summed E-state index contributed by atoms with van der Waals surface area (Å²) in [6, 6.07) is 9.96. The first-order valence-corrected chi connectivity index (χ1v) is 9.01. The van der Waals surface area contributed by atoms with Gasteiger partial charge in [-0.05, 0) is 43.0 Å². The summed E-state index contributed by atoms with van der Waals surface area (Å²) in [5, 5.41) is 13.4. The lowest BCUT2D eigenvalue weighted by molar-refractivity contribution is 0.414. The van der Waals surface area contributed by atoms with E-state index in [0.29, 0.717) is 29.8 Å². The molecule has 0 unspecified atom stereocenters. The Morgan fingerprint density at radius 2 is 1.96 bits per heavy atom. The highest BCUT2D eigenvalue weighted by atomic mass is 16.5. The second-order valence-corrected chi connectivity index (χ2v) is 6.77. The molecule has 0 spiro atoms. The van der Waals surface area contributed by atoms with Gasteiger partial charge >= 0.3 is 0 Å². The van der Waals surface area contributed by atoms with E-state index in [2.05, 4.69) is 20.3 Å². The van der Waals surface area contributed by atoms with E-state index < -0.39 is 0 Å². The van der Waals surface area contributed by atoms with Crippen LogP contribution in [-0.2, 0) is 12.8 Å². The molecule has 0 saturated heterocycles. The summed E-state index contributed by atoms with van der Waals surface area (Å²) < 4.78 is 16.3. The van der Waals surface area contributed by atoms with Crippen LogP contribution in [0, 0.1) is 0 Å². The zero-order valence-electron chi connectivity index (χ0n) is 14.9. The Balaban J connectivity index is 1.33. The standard InChI is InChI=1S/C20H18N4O3/c1-25-15-7-2-12(3-8-15)4-9-17-22-23-19(26-17)14-10-16-18(13-5-6-13)24-27-20(16)21-11-14/h2-3,7-8,10-11,13H,4-6,9H2,1H3. The molecule has 1 aliphatic carbocycles. The van der Waals surface area contributed by atoms with E-state index >= 15 is 0 Å². The molecule has 0 atom stereocenters. The molecule has 3 aromatic heterocycles. The lowest BCUT2D eigenvalue weighted by atomic mass is 10.1. The van der Waals surface area contributed by atoms with Crippen LogP contribution in [0.4, 0.5) is 0 Å². The quantitative estimate of drug-likeness (QED) is 0.513. The van der Waals surface area contributed by atoms with Gasteiger partial charge in [-0.1, -0.05) is 17.3 Å². The van der Waals surface area contributed by atoms with Crippen LogP contribution in [0.1, 0.15) is 35.9 Å². The third-order valence-electron chi connectivity index (χ3n) is 4.82. The van der Waals surface area contributed by atoms with Gasteiger partial charge in [0.1, 0.15) is 5.75 Å². The van der Waals surface area contributed by atoms with Crippen molar-refractivity contribution in [1.82, 2.24) is 20.3 Å². The van der Waals surface area contributed by atoms with Crippen molar-refractivity contribution in [2.24, 2.45) is 0 Å². The SMILES string of the molecule is COc1ccc(CCc2nnc(-c3cnc4onc(C5CC5)c4c3)o2)cc1. The van der Waals surface area contributed by atoms with E-state index in [1.165, 1.54) is 5.56 Å². The predicted octanol–water partition coefficient (Wildman–Crippen LogP) is 3.94. The average molecular weight is 362 g/mol. The minimum absolute atomic E-state index is 0.470. The van der Waals surface area contributed by atoms with E-state index in [0.717, 1.165) is 41.7 Å². The number of aryl methyl sites for hydroxylation is 2. The molecule has 4 aromatic rings. The topological polar surface area (TPSA) is 87.1 Å². The highest BCUT2D eigenvalue weighted by Gasteiger charge is 2.29. The van der Waals surface area contributed by atoms with Crippen LogP contribution >= 0.6 is 0 Å². The molecule has 5 rings (SSSR count). The number of nitrogens with zero attached hydrogens (tertiary/aromatic N) is 4. The number of pyridine rings is 1. The summed E-state index contributed by atoms with van der Waals surface area (Å²) >= 11 is 0. The highest BCUT2D eigenvalue weighted by molar-refractivity contribution is 5.81. The van der Waals surface area contributed by atoms with Crippen LogP contribution in [0.2, 0.25) is 0 Å². The average Bonchev–Trinajstić information content (AvgIpc) is 3.29. The molecule has 3 heterocycles. The van der Waals surface area contributed by atoms with Crippen LogP contribution in [0.25, 0.3) is 22.6 Å². The summed E-state index contributed by atoms with van der Waals surface area (Å²) in [5.41, 5.74) is 3.52. The fraction of sp³-hybridized carbons (Fsp3) is 0.300. The minimum atomic E-state index is 0.470. The second kappa shape index (κ2) is 6.50. The largest absolute Gasteiger partial charge is 0.497 e. The summed E-state index contributed by atoms with van der Waals surface area (Å²) in [6.07, 6.45) is 5.49. The van der Waals surface area contributed by atoms with E-state index in [1.807, 2.05) is 30.3 Å². The van der Waals surface area contributed by atoms with Gasteiger partial charge in [-0.25, -0.2) is 4.98 Å². The summed E-state index contributed by atoms with van der Waals surface area (Å²) in [5.74, 6) is 2.41. The molecule has 0 radical (unpaired) electrons. The van der Waals surface area contributed by atoms with Crippen LogP contribution < -0.4 is 4.74 Å². The maximum atomic E-state index is 5.84. The Morgan fingerprint density at radius 1 is 1.11 bits per heavy atom. The number of hydrogen-bond acceptors (Lipinski definition) is 7. The van der Waals surface area contributed by atoms with Gasteiger partial charge in [-0.15, -0.1) is 10.2 Å². The lowest BCUT2D eigenvalue weighted by Gasteiger charge is -2.01. The Morgan fingerprint density at radius 3 is 2.74 bits per heavy atom. The van der Waals surface area contributed by atoms with E-state index in [1.54, 1.807) is 13.3 Å². The van der Waals surface area contributed by atoms with Crippen molar-refractivity contribution < 1.29 is 13.7 Å². The maximum absolute atomic E-state index is 5.84. The molecule has 0 aliphatic heterocycles. The fourth-order valence-electron chi connectivity index (χ4n) is 3.13. The van der Waals surface area contributed by atoms with Crippen LogP contribution in [-0.4, -0.2) is 27.4 Å². The van der Waals surface area contributed by atoms with Gasteiger partial charge in [0.2, 0.25) is 11.8 Å². The second-order valence-electron chi connectivity index (χ2n) is 6.77. The van der Waals surface area contributed by atoms with Gasteiger partial charge in [0.25, 0.3) is 5.71 Å². The van der Waals surface area contributed by atoms with Crippen molar-refractivity contribution in [3.63, 3.8) is 0 Å². The van der Waals surface area contributed by atoms with Crippen molar-refractivity contribution in [2.45, 2.75) is 31.6 Å². The first-order chi connectivity index (χ1) is 13.3. The van der Waals surface area contributed by atoms with E-state index in [9.17, 15) is 0 Å². The Kier molecular flexibility index (Phi) is 3.85. The first kappa shape index (κ1) is 16.0. The normalized spacial score (nSPS) is 14.0. The van der Waals surface area contributed by atoms with E-state index in [4.69, 9.17) is 13.7 Å². The van der Waals surface area contributed by atoms with Gasteiger partial charge < -0.3 is 13.7 Å². The Bertz CT molecular complexity index is 1080. The smallest absolute Gasteiger partial charge is 0.257 e. The molecule has 7 heteroatoms. The lowest BCUT2D eigenvalue weighted by Crippen LogP contribution is -1.92. The Labute approximate surface area is 155 Å². The number of benzene rings is 1. The predicted molar refractivity (Wildman–Crippen MR) is 97.5 cm³/mol. The summed E-state index contributed by atoms with van der Waals surface area (Å²) in [6.45, 7) is 0. The number of hydrogen-bond donors (Lipinski definition) is 0. The van der Waals surface area contributed by atoms with Gasteiger partial charge in [-0.3, -0.25) is 0 Å². The van der Waals surface area contributed by atoms with Crippen molar-refractivity contribution in [3.05, 3.63) is 53.7 Å². The molecular formula is C20H18N4O3. The number of rotatable bonds is 6. The van der Waals surface area contributed by atoms with Gasteiger partial charge in [0.05, 0.1) is 23.8 Å². The molecule has 0 N–H and O–H groups in total. The van der Waals surface area contributed by atoms with Crippen molar-refractivity contribution in [1.29, 1.82) is 0 Å². The van der Waals surface area contributed by atoms with Crippen LogP contribution in [0.3, 0.4) is 0 Å². The van der Waals surface area contributed by atoms with Gasteiger partial charge in [-0.2, -0.15) is 0 Å². The molecule has 27 heavy (non-hydrogen) atoms. The number of ether oxygens (including phenoxy) is 1. The molecule has 1 aromatic carbocycles. The zero-order chi connectivity index (χ0) is 18.2. The van der Waals surface area contributed by atoms with Crippen molar-refractivity contribution >= 4 is 11.1 Å². The van der Waals surface area contributed by atoms with Crippen LogP contribution in [0.5, 0.6) is 5.75 Å². The summed E-state index contributed by atoms with van der Waals surface area (Å²) in [4.78, 5) is 4.34. The third kappa shape index (κ3) is 3.16. The number of methoxy groups -OCH3 is 1. The highest BCUT2D eigenvalue weighted by Crippen LogP contribution is 2.42. The number of aromatic nitrogens is 4. The molecular weight excluding hydrogens is 344 g/mol. The third-order valence-corrected chi connectivity index (χ3v) is 4.82. The minimum Gasteiger partial charge on any atom is -0.497 e. The molecule has 1 fully saturated rings. The molecule has 0 bridgehead atoms. The van der Waals surface area contributed by atoms with E-state index in [-0.39, 0.29) is 0 Å². The monoisotopic (exact) mass is 362 g/mol. The molecule has 1 saturated carbocycles. The number of fused-ring (bicyclic) bond motifs is 1.